The zero-order valence-corrected chi connectivity index (χ0v) is 9.47. The van der Waals surface area contributed by atoms with Gasteiger partial charge in [-0.1, -0.05) is 13.8 Å². The van der Waals surface area contributed by atoms with Gasteiger partial charge in [0.05, 0.1) is 12.6 Å². The molecule has 0 radical (unpaired) electrons. The average Bonchev–Trinajstić information content (AvgIpc) is 2.16. The number of alkyl halides is 3. The fourth-order valence-corrected chi connectivity index (χ4v) is 1.57. The van der Waals surface area contributed by atoms with E-state index in [1.807, 2.05) is 5.43 Å². The molecule has 1 atom stereocenters. The minimum atomic E-state index is -4.31. The van der Waals surface area contributed by atoms with Gasteiger partial charge < -0.3 is 0 Å². The van der Waals surface area contributed by atoms with Crippen LogP contribution in [0.15, 0.2) is 0 Å². The molecule has 16 heavy (non-hydrogen) atoms. The Morgan fingerprint density at radius 2 is 2.00 bits per heavy atom. The summed E-state index contributed by atoms with van der Waals surface area (Å²) in [6.45, 7) is 2.54. The van der Waals surface area contributed by atoms with E-state index >= 15 is 0 Å². The molecule has 3 N–H and O–H groups in total. The lowest BCUT2D eigenvalue weighted by molar-refractivity contribution is -0.155. The number of rotatable bonds is 6. The van der Waals surface area contributed by atoms with E-state index in [9.17, 15) is 18.0 Å². The first-order chi connectivity index (χ1) is 7.35. The highest BCUT2D eigenvalue weighted by Crippen LogP contribution is 2.19. The van der Waals surface area contributed by atoms with Crippen molar-refractivity contribution >= 4 is 5.91 Å². The fourth-order valence-electron chi connectivity index (χ4n) is 1.57. The van der Waals surface area contributed by atoms with Gasteiger partial charge in [0.2, 0.25) is 0 Å². The quantitative estimate of drug-likeness (QED) is 0.415. The molecule has 0 spiro atoms. The SMILES string of the molecule is CCCN(CC(F)(F)F)C(CC)C(=O)NN. The molecular weight excluding hydrogens is 223 g/mol. The lowest BCUT2D eigenvalue weighted by atomic mass is 10.1. The highest BCUT2D eigenvalue weighted by Gasteiger charge is 2.35. The molecule has 0 aliphatic carbocycles. The summed E-state index contributed by atoms with van der Waals surface area (Å²) in [5.41, 5.74) is 1.89. The van der Waals surface area contributed by atoms with Crippen LogP contribution in [0.5, 0.6) is 0 Å². The van der Waals surface area contributed by atoms with Crippen LogP contribution in [0.2, 0.25) is 0 Å². The molecule has 0 aromatic rings. The molecule has 1 amide bonds. The van der Waals surface area contributed by atoms with Gasteiger partial charge in [0.25, 0.3) is 5.91 Å². The van der Waals surface area contributed by atoms with E-state index in [0.29, 0.717) is 12.8 Å². The first kappa shape index (κ1) is 15.2. The van der Waals surface area contributed by atoms with Gasteiger partial charge in [-0.2, -0.15) is 13.2 Å². The van der Waals surface area contributed by atoms with Crippen molar-refractivity contribution < 1.29 is 18.0 Å². The molecule has 0 aromatic heterocycles. The Hall–Kier alpha value is -0.820. The number of nitrogens with zero attached hydrogens (tertiary/aromatic N) is 1. The highest BCUT2D eigenvalue weighted by molar-refractivity contribution is 5.81. The molecule has 0 fully saturated rings. The van der Waals surface area contributed by atoms with E-state index in [-0.39, 0.29) is 6.54 Å². The third kappa shape index (κ3) is 5.32. The Kier molecular flexibility index (Phi) is 6.35. The fraction of sp³-hybridized carbons (Fsp3) is 0.889. The molecule has 0 saturated carbocycles. The Morgan fingerprint density at radius 3 is 2.31 bits per heavy atom. The smallest absolute Gasteiger partial charge is 0.293 e. The van der Waals surface area contributed by atoms with Crippen molar-refractivity contribution in [1.82, 2.24) is 10.3 Å². The van der Waals surface area contributed by atoms with E-state index in [2.05, 4.69) is 0 Å². The molecule has 7 heteroatoms. The van der Waals surface area contributed by atoms with Crippen LogP contribution in [-0.2, 0) is 4.79 Å². The van der Waals surface area contributed by atoms with Crippen LogP contribution in [0.4, 0.5) is 13.2 Å². The molecule has 0 saturated heterocycles. The van der Waals surface area contributed by atoms with Crippen molar-refractivity contribution in [3.8, 4) is 0 Å². The first-order valence-corrected chi connectivity index (χ1v) is 5.17. The Balaban J connectivity index is 4.65. The number of carbonyl (C=O) groups excluding carboxylic acids is 1. The first-order valence-electron chi connectivity index (χ1n) is 5.17. The molecule has 0 rings (SSSR count). The molecule has 1 unspecified atom stereocenters. The van der Waals surface area contributed by atoms with Crippen LogP contribution in [0.1, 0.15) is 26.7 Å². The number of amides is 1. The van der Waals surface area contributed by atoms with Crippen molar-refractivity contribution in [3.63, 3.8) is 0 Å². The highest BCUT2D eigenvalue weighted by atomic mass is 19.4. The summed E-state index contributed by atoms with van der Waals surface area (Å²) < 4.78 is 36.9. The van der Waals surface area contributed by atoms with E-state index in [0.717, 1.165) is 4.90 Å². The van der Waals surface area contributed by atoms with Crippen LogP contribution in [0.3, 0.4) is 0 Å². The summed E-state index contributed by atoms with van der Waals surface area (Å²) in [6, 6.07) is -0.827. The molecule has 0 heterocycles. The summed E-state index contributed by atoms with van der Waals surface area (Å²) in [6.07, 6.45) is -3.47. The van der Waals surface area contributed by atoms with Gasteiger partial charge in [0.1, 0.15) is 0 Å². The van der Waals surface area contributed by atoms with Gasteiger partial charge in [0.15, 0.2) is 0 Å². The summed E-state index contributed by atoms with van der Waals surface area (Å²) in [4.78, 5) is 12.4. The summed E-state index contributed by atoms with van der Waals surface area (Å²) in [5, 5.41) is 0. The third-order valence-electron chi connectivity index (χ3n) is 2.17. The van der Waals surface area contributed by atoms with Crippen LogP contribution in [0, 0.1) is 0 Å². The topological polar surface area (TPSA) is 58.4 Å². The van der Waals surface area contributed by atoms with Crippen LogP contribution in [0.25, 0.3) is 0 Å². The Morgan fingerprint density at radius 1 is 1.44 bits per heavy atom. The van der Waals surface area contributed by atoms with Crippen LogP contribution in [-0.4, -0.2) is 36.1 Å². The number of hydrazine groups is 1. The van der Waals surface area contributed by atoms with Crippen LogP contribution >= 0.6 is 0 Å². The number of hydrogen-bond donors (Lipinski definition) is 2. The Bertz CT molecular complexity index is 221. The molecule has 96 valence electrons. The van der Waals surface area contributed by atoms with Crippen molar-refractivity contribution in [1.29, 1.82) is 0 Å². The number of carbonyl (C=O) groups is 1. The van der Waals surface area contributed by atoms with Crippen molar-refractivity contribution in [2.45, 2.75) is 38.9 Å². The Labute approximate surface area is 92.9 Å². The second-order valence-electron chi connectivity index (χ2n) is 3.52. The van der Waals surface area contributed by atoms with Gasteiger partial charge in [-0.05, 0) is 19.4 Å². The van der Waals surface area contributed by atoms with Crippen LogP contribution < -0.4 is 11.3 Å². The number of hydrogen-bond acceptors (Lipinski definition) is 3. The molecule has 0 bridgehead atoms. The predicted molar refractivity (Wildman–Crippen MR) is 54.3 cm³/mol. The summed E-state index contributed by atoms with van der Waals surface area (Å²) in [7, 11) is 0. The molecule has 4 nitrogen and oxygen atoms in total. The molecule has 0 aromatic carbocycles. The van der Waals surface area contributed by atoms with Gasteiger partial charge in [-0.15, -0.1) is 0 Å². The maximum atomic E-state index is 12.3. The molecular formula is C9H18F3N3O. The average molecular weight is 241 g/mol. The lowest BCUT2D eigenvalue weighted by Crippen LogP contribution is -2.51. The van der Waals surface area contributed by atoms with Gasteiger partial charge >= 0.3 is 6.18 Å². The maximum Gasteiger partial charge on any atom is 0.401 e. The summed E-state index contributed by atoms with van der Waals surface area (Å²) >= 11 is 0. The normalized spacial score (nSPS) is 13.9. The zero-order valence-electron chi connectivity index (χ0n) is 9.47. The number of halogens is 3. The minimum absolute atomic E-state index is 0.214. The standard InChI is InChI=1S/C9H18F3N3O/c1-3-5-15(6-9(10,11)12)7(4-2)8(16)14-13/h7H,3-6,13H2,1-2H3,(H,14,16). The molecule has 0 aliphatic heterocycles. The van der Waals surface area contributed by atoms with Crippen molar-refractivity contribution in [2.75, 3.05) is 13.1 Å². The predicted octanol–water partition coefficient (Wildman–Crippen LogP) is 1.03. The lowest BCUT2D eigenvalue weighted by Gasteiger charge is -2.29. The second-order valence-corrected chi connectivity index (χ2v) is 3.52. The molecule has 0 aliphatic rings. The number of nitrogens with one attached hydrogen (secondary N) is 1. The van der Waals surface area contributed by atoms with E-state index in [4.69, 9.17) is 5.84 Å². The van der Waals surface area contributed by atoms with E-state index < -0.39 is 24.7 Å². The van der Waals surface area contributed by atoms with Gasteiger partial charge in [0, 0.05) is 0 Å². The largest absolute Gasteiger partial charge is 0.401 e. The van der Waals surface area contributed by atoms with E-state index in [1.54, 1.807) is 13.8 Å². The van der Waals surface area contributed by atoms with Gasteiger partial charge in [-0.25, -0.2) is 5.84 Å². The maximum absolute atomic E-state index is 12.3. The summed E-state index contributed by atoms with van der Waals surface area (Å²) in [5.74, 6) is 4.36. The minimum Gasteiger partial charge on any atom is -0.293 e. The third-order valence-corrected chi connectivity index (χ3v) is 2.17. The van der Waals surface area contributed by atoms with Crippen molar-refractivity contribution in [3.05, 3.63) is 0 Å². The second kappa shape index (κ2) is 6.70. The van der Waals surface area contributed by atoms with E-state index in [1.165, 1.54) is 0 Å². The zero-order chi connectivity index (χ0) is 12.8. The number of nitrogens with two attached hydrogens (primary N) is 1. The van der Waals surface area contributed by atoms with Gasteiger partial charge in [-0.3, -0.25) is 15.1 Å². The monoisotopic (exact) mass is 241 g/mol. The van der Waals surface area contributed by atoms with Crippen molar-refractivity contribution in [2.24, 2.45) is 5.84 Å².